The van der Waals surface area contributed by atoms with E-state index in [2.05, 4.69) is 10.0 Å². The van der Waals surface area contributed by atoms with Crippen molar-refractivity contribution >= 4 is 39.7 Å². The number of rotatable bonds is 7. The summed E-state index contributed by atoms with van der Waals surface area (Å²) >= 11 is 0. The molecule has 120 valence electrons. The van der Waals surface area contributed by atoms with E-state index in [0.29, 0.717) is 23.4 Å². The highest BCUT2D eigenvalue weighted by atomic mass is 35.5. The van der Waals surface area contributed by atoms with E-state index in [1.54, 1.807) is 32.0 Å². The molecule has 0 bridgehead atoms. The van der Waals surface area contributed by atoms with Crippen LogP contribution < -0.4 is 15.8 Å². The molecule has 21 heavy (non-hydrogen) atoms. The number of sulfonamides is 1. The van der Waals surface area contributed by atoms with Crippen molar-refractivity contribution in [1.82, 2.24) is 0 Å². The van der Waals surface area contributed by atoms with Crippen molar-refractivity contribution in [3.63, 3.8) is 0 Å². The van der Waals surface area contributed by atoms with Crippen molar-refractivity contribution in [3.05, 3.63) is 23.8 Å². The molecular weight excluding hydrogens is 314 g/mol. The minimum absolute atomic E-state index is 0. The minimum atomic E-state index is -3.35. The second-order valence-electron chi connectivity index (χ2n) is 4.49. The fourth-order valence-electron chi connectivity index (χ4n) is 1.71. The smallest absolute Gasteiger partial charge is 0.232 e. The van der Waals surface area contributed by atoms with E-state index in [1.165, 1.54) is 0 Å². The van der Waals surface area contributed by atoms with Gasteiger partial charge in [0.2, 0.25) is 15.9 Å². The summed E-state index contributed by atoms with van der Waals surface area (Å²) in [4.78, 5) is 11.5. The summed E-state index contributed by atoms with van der Waals surface area (Å²) in [6.45, 7) is 3.82. The molecule has 0 heterocycles. The molecule has 0 aliphatic heterocycles. The average Bonchev–Trinajstić information content (AvgIpc) is 2.34. The largest absolute Gasteiger partial charge is 0.330 e. The third-order valence-corrected chi connectivity index (χ3v) is 4.19. The number of nitrogens with two attached hydrogens (primary N) is 1. The van der Waals surface area contributed by atoms with Crippen molar-refractivity contribution < 1.29 is 13.2 Å². The number of carbonyl (C=O) groups is 1. The molecule has 6 nitrogen and oxygen atoms in total. The van der Waals surface area contributed by atoms with Crippen LogP contribution in [0, 0.1) is 6.92 Å². The van der Waals surface area contributed by atoms with E-state index in [1.807, 2.05) is 0 Å². The van der Waals surface area contributed by atoms with Crippen LogP contribution in [0.15, 0.2) is 18.2 Å². The van der Waals surface area contributed by atoms with Gasteiger partial charge in [-0.15, -0.1) is 12.4 Å². The number of anilines is 2. The van der Waals surface area contributed by atoms with Crippen LogP contribution in [0.4, 0.5) is 11.4 Å². The van der Waals surface area contributed by atoms with E-state index in [9.17, 15) is 13.2 Å². The van der Waals surface area contributed by atoms with Gasteiger partial charge in [0, 0.05) is 18.7 Å². The highest BCUT2D eigenvalue weighted by Crippen LogP contribution is 2.24. The molecule has 1 amide bonds. The molecule has 8 heteroatoms. The SMILES string of the molecule is CCCS(=O)(=O)Nc1cccc(NC(=O)CCN)c1C.Cl. The lowest BCUT2D eigenvalue weighted by Gasteiger charge is -2.14. The Kier molecular flexibility index (Phi) is 8.31. The van der Waals surface area contributed by atoms with Gasteiger partial charge in [-0.05, 0) is 31.0 Å². The topological polar surface area (TPSA) is 101 Å². The molecule has 0 aromatic heterocycles. The van der Waals surface area contributed by atoms with Crippen molar-refractivity contribution in [2.45, 2.75) is 26.7 Å². The lowest BCUT2D eigenvalue weighted by molar-refractivity contribution is -0.116. The average molecular weight is 336 g/mol. The highest BCUT2D eigenvalue weighted by Gasteiger charge is 2.13. The van der Waals surface area contributed by atoms with Gasteiger partial charge in [0.25, 0.3) is 0 Å². The number of benzene rings is 1. The zero-order valence-corrected chi connectivity index (χ0v) is 13.8. The second-order valence-corrected chi connectivity index (χ2v) is 6.33. The predicted molar refractivity (Wildman–Crippen MR) is 88.4 cm³/mol. The molecule has 0 saturated heterocycles. The molecule has 1 rings (SSSR count). The van der Waals surface area contributed by atoms with Crippen LogP contribution in [-0.2, 0) is 14.8 Å². The Labute approximate surface area is 132 Å². The van der Waals surface area contributed by atoms with Crippen molar-refractivity contribution in [3.8, 4) is 0 Å². The molecule has 0 fully saturated rings. The molecule has 0 aliphatic carbocycles. The van der Waals surface area contributed by atoms with E-state index < -0.39 is 10.0 Å². The van der Waals surface area contributed by atoms with E-state index >= 15 is 0 Å². The van der Waals surface area contributed by atoms with Gasteiger partial charge in [0.1, 0.15) is 0 Å². The summed E-state index contributed by atoms with van der Waals surface area (Å²) < 4.78 is 26.1. The third-order valence-electron chi connectivity index (χ3n) is 2.72. The van der Waals surface area contributed by atoms with Crippen molar-refractivity contribution in [2.24, 2.45) is 5.73 Å². The number of amides is 1. The Morgan fingerprint density at radius 2 is 1.90 bits per heavy atom. The van der Waals surface area contributed by atoms with E-state index in [-0.39, 0.29) is 37.0 Å². The molecular formula is C13H22ClN3O3S. The van der Waals surface area contributed by atoms with E-state index in [0.717, 1.165) is 0 Å². The highest BCUT2D eigenvalue weighted by molar-refractivity contribution is 7.92. The van der Waals surface area contributed by atoms with Crippen LogP contribution in [0.5, 0.6) is 0 Å². The second kappa shape index (κ2) is 8.86. The number of hydrogen-bond acceptors (Lipinski definition) is 4. The number of carbonyl (C=O) groups excluding carboxylic acids is 1. The first kappa shape index (κ1) is 19.7. The van der Waals surface area contributed by atoms with Crippen LogP contribution in [0.25, 0.3) is 0 Å². The molecule has 0 aliphatic rings. The van der Waals surface area contributed by atoms with E-state index in [4.69, 9.17) is 5.73 Å². The zero-order chi connectivity index (χ0) is 15.2. The Balaban J connectivity index is 0.00000400. The van der Waals surface area contributed by atoms with Gasteiger partial charge < -0.3 is 11.1 Å². The third kappa shape index (κ3) is 6.33. The summed E-state index contributed by atoms with van der Waals surface area (Å²) in [5.74, 6) is -0.125. The monoisotopic (exact) mass is 335 g/mol. The number of halogens is 1. The summed E-state index contributed by atoms with van der Waals surface area (Å²) in [7, 11) is -3.35. The molecule has 0 spiro atoms. The first-order valence-corrected chi connectivity index (χ1v) is 8.15. The summed E-state index contributed by atoms with van der Waals surface area (Å²) in [6.07, 6.45) is 0.770. The standard InChI is InChI=1S/C13H21N3O3S.ClH/c1-3-9-20(18,19)16-12-6-4-5-11(10(12)2)15-13(17)7-8-14;/h4-6,16H,3,7-9,14H2,1-2H3,(H,15,17);1H. The Morgan fingerprint density at radius 1 is 1.29 bits per heavy atom. The zero-order valence-electron chi connectivity index (χ0n) is 12.2. The number of nitrogens with one attached hydrogen (secondary N) is 2. The quantitative estimate of drug-likeness (QED) is 0.707. The fourth-order valence-corrected chi connectivity index (χ4v) is 2.91. The maximum absolute atomic E-state index is 11.8. The van der Waals surface area contributed by atoms with Crippen LogP contribution in [0.3, 0.4) is 0 Å². The van der Waals surface area contributed by atoms with Gasteiger partial charge in [-0.25, -0.2) is 8.42 Å². The molecule has 4 N–H and O–H groups in total. The first-order chi connectivity index (χ1) is 9.39. The van der Waals surface area contributed by atoms with Crippen LogP contribution in [-0.4, -0.2) is 26.6 Å². The van der Waals surface area contributed by atoms with Gasteiger partial charge in [0.05, 0.1) is 11.4 Å². The van der Waals surface area contributed by atoms with Gasteiger partial charge in [-0.2, -0.15) is 0 Å². The van der Waals surface area contributed by atoms with Gasteiger partial charge in [0.15, 0.2) is 0 Å². The molecule has 0 atom stereocenters. The Morgan fingerprint density at radius 3 is 2.48 bits per heavy atom. The minimum Gasteiger partial charge on any atom is -0.330 e. The maximum atomic E-state index is 11.8. The van der Waals surface area contributed by atoms with Crippen LogP contribution >= 0.6 is 12.4 Å². The van der Waals surface area contributed by atoms with Crippen molar-refractivity contribution in [1.29, 1.82) is 0 Å². The Hall–Kier alpha value is -1.31. The van der Waals surface area contributed by atoms with Crippen LogP contribution in [0.2, 0.25) is 0 Å². The van der Waals surface area contributed by atoms with Gasteiger partial charge >= 0.3 is 0 Å². The normalized spacial score (nSPS) is 10.6. The maximum Gasteiger partial charge on any atom is 0.232 e. The van der Waals surface area contributed by atoms with Gasteiger partial charge in [-0.1, -0.05) is 13.0 Å². The molecule has 1 aromatic rings. The first-order valence-electron chi connectivity index (χ1n) is 6.49. The lowest BCUT2D eigenvalue weighted by Crippen LogP contribution is -2.19. The summed E-state index contributed by atoms with van der Waals surface area (Å²) in [5, 5.41) is 2.72. The summed E-state index contributed by atoms with van der Waals surface area (Å²) in [6, 6.07) is 5.08. The molecule has 0 saturated carbocycles. The van der Waals surface area contributed by atoms with Crippen LogP contribution in [0.1, 0.15) is 25.3 Å². The fraction of sp³-hybridized carbons (Fsp3) is 0.462. The molecule has 0 radical (unpaired) electrons. The van der Waals surface area contributed by atoms with Crippen molar-refractivity contribution in [2.75, 3.05) is 22.3 Å². The molecule has 1 aromatic carbocycles. The molecule has 0 unspecified atom stereocenters. The lowest BCUT2D eigenvalue weighted by atomic mass is 10.1. The predicted octanol–water partition coefficient (Wildman–Crippen LogP) is 1.86. The van der Waals surface area contributed by atoms with Gasteiger partial charge in [-0.3, -0.25) is 9.52 Å². The summed E-state index contributed by atoms with van der Waals surface area (Å²) in [5.41, 5.74) is 7.05. The Bertz CT molecular complexity index is 576. The number of hydrogen-bond donors (Lipinski definition) is 3.